The van der Waals surface area contributed by atoms with Gasteiger partial charge in [-0.25, -0.2) is 0 Å². The third kappa shape index (κ3) is 41.3. The van der Waals surface area contributed by atoms with Crippen LogP contribution in [0.1, 0.15) is 219 Å². The van der Waals surface area contributed by atoms with Crippen molar-refractivity contribution in [1.82, 2.24) is 5.32 Å². The second-order valence-corrected chi connectivity index (χ2v) is 16.8. The van der Waals surface area contributed by atoms with Gasteiger partial charge in [0.2, 0.25) is 5.91 Å². The first-order chi connectivity index (χ1) is 25.8. The Kier molecular flexibility index (Phi) is 38.7. The third-order valence-corrected chi connectivity index (χ3v) is 10.8. The zero-order chi connectivity index (χ0) is 38.9. The molecule has 0 aliphatic rings. The van der Waals surface area contributed by atoms with E-state index in [1.54, 1.807) is 0 Å². The number of unbranched alkanes of at least 4 members (excludes halogenated alkanes) is 24. The minimum atomic E-state index is -4.31. The molecule has 0 aliphatic heterocycles. The number of aliphatic hydroxyl groups excluding tert-OH is 1. The molecule has 310 valence electrons. The molecule has 7 heteroatoms. The average Bonchev–Trinajstić information content (AvgIpc) is 3.12. The highest BCUT2D eigenvalue weighted by molar-refractivity contribution is 7.85. The van der Waals surface area contributed by atoms with Crippen LogP contribution in [0.2, 0.25) is 0 Å². The van der Waals surface area contributed by atoms with Gasteiger partial charge in [0.15, 0.2) is 0 Å². The summed E-state index contributed by atoms with van der Waals surface area (Å²) in [5.74, 6) is -0.900. The molecule has 53 heavy (non-hydrogen) atoms. The molecule has 0 heterocycles. The minimum Gasteiger partial charge on any atom is -0.391 e. The second-order valence-electron chi connectivity index (χ2n) is 15.3. The number of amides is 1. The summed E-state index contributed by atoms with van der Waals surface area (Å²) in [5.41, 5.74) is 0. The summed E-state index contributed by atoms with van der Waals surface area (Å²) in [6, 6.07) is -0.974. The standard InChI is InChI=1S/C46H85NO5S/c1-3-5-7-9-11-13-15-17-19-20-21-22-23-24-25-26-28-30-32-34-36-38-40-42-46(49)47-44(43-53(50,51)52)45(48)41-39-37-35-33-31-29-27-18-16-14-12-10-8-6-4-2/h5,7,11,13,17,19,21-22,44-45,48H,3-4,6,8-10,12,14-16,18,20,23-43H2,1-2H3,(H,47,49)(H,50,51,52)/b7-5-,13-11-,19-17-,22-21-. The number of hydrogen-bond acceptors (Lipinski definition) is 4. The molecule has 0 radical (unpaired) electrons. The maximum atomic E-state index is 12.6. The number of carbonyl (C=O) groups excluding carboxylic acids is 1. The monoisotopic (exact) mass is 764 g/mol. The minimum absolute atomic E-state index is 0.250. The summed E-state index contributed by atoms with van der Waals surface area (Å²) >= 11 is 0. The fraction of sp³-hybridized carbons (Fsp3) is 0.804. The Bertz CT molecular complexity index is 1020. The lowest BCUT2D eigenvalue weighted by Crippen LogP contribution is -2.47. The van der Waals surface area contributed by atoms with Gasteiger partial charge in [-0.3, -0.25) is 9.35 Å². The lowest BCUT2D eigenvalue weighted by molar-refractivity contribution is -0.122. The van der Waals surface area contributed by atoms with Gasteiger partial charge in [0.25, 0.3) is 10.1 Å². The Hall–Kier alpha value is -1.70. The van der Waals surface area contributed by atoms with E-state index in [4.69, 9.17) is 0 Å². The van der Waals surface area contributed by atoms with Crippen LogP contribution in [0.25, 0.3) is 0 Å². The summed E-state index contributed by atoms with van der Waals surface area (Å²) in [6.45, 7) is 4.42. The number of allylic oxidation sites excluding steroid dienone is 8. The summed E-state index contributed by atoms with van der Waals surface area (Å²) in [7, 11) is -4.31. The SMILES string of the molecule is CC/C=C\C/C=C\C/C=C\C/C=C\CCCCCCCCCCCCC(=O)NC(CS(=O)(=O)O)C(O)CCCCCCCCCCCCCCCCC. The van der Waals surface area contributed by atoms with Crippen LogP contribution in [0.3, 0.4) is 0 Å². The molecule has 0 aliphatic carbocycles. The summed E-state index contributed by atoms with van der Waals surface area (Å²) in [4.78, 5) is 12.6. The second kappa shape index (κ2) is 40.0. The van der Waals surface area contributed by atoms with Crippen molar-refractivity contribution in [2.45, 2.75) is 231 Å². The van der Waals surface area contributed by atoms with Crippen LogP contribution >= 0.6 is 0 Å². The first-order valence-electron chi connectivity index (χ1n) is 22.3. The van der Waals surface area contributed by atoms with Crippen LogP contribution < -0.4 is 5.32 Å². The van der Waals surface area contributed by atoms with Crippen molar-refractivity contribution in [3.05, 3.63) is 48.6 Å². The molecule has 2 atom stereocenters. The Morgan fingerprint density at radius 1 is 0.528 bits per heavy atom. The zero-order valence-electron chi connectivity index (χ0n) is 34.6. The number of carbonyl (C=O) groups is 1. The highest BCUT2D eigenvalue weighted by atomic mass is 32.2. The smallest absolute Gasteiger partial charge is 0.266 e. The summed E-state index contributed by atoms with van der Waals surface area (Å²) in [5, 5.41) is 13.4. The van der Waals surface area contributed by atoms with Gasteiger partial charge in [-0.15, -0.1) is 0 Å². The van der Waals surface area contributed by atoms with Crippen LogP contribution in [-0.2, 0) is 14.9 Å². The van der Waals surface area contributed by atoms with E-state index < -0.39 is 28.0 Å². The van der Waals surface area contributed by atoms with E-state index >= 15 is 0 Å². The van der Waals surface area contributed by atoms with E-state index in [1.807, 2.05) is 0 Å². The van der Waals surface area contributed by atoms with Crippen molar-refractivity contribution in [3.8, 4) is 0 Å². The van der Waals surface area contributed by atoms with Gasteiger partial charge in [-0.2, -0.15) is 8.42 Å². The fourth-order valence-electron chi connectivity index (χ4n) is 6.74. The molecule has 1 amide bonds. The van der Waals surface area contributed by atoms with Gasteiger partial charge < -0.3 is 10.4 Å². The molecule has 0 fully saturated rings. The molecule has 0 aromatic heterocycles. The van der Waals surface area contributed by atoms with Crippen LogP contribution in [0.4, 0.5) is 0 Å². The molecular formula is C46H85NO5S. The van der Waals surface area contributed by atoms with E-state index in [2.05, 4.69) is 67.8 Å². The Balaban J connectivity index is 3.82. The third-order valence-electron chi connectivity index (χ3n) is 10.0. The molecule has 6 nitrogen and oxygen atoms in total. The topological polar surface area (TPSA) is 104 Å². The molecular weight excluding hydrogens is 679 g/mol. The van der Waals surface area contributed by atoms with E-state index in [0.29, 0.717) is 12.8 Å². The molecule has 0 saturated heterocycles. The van der Waals surface area contributed by atoms with Gasteiger partial charge in [-0.1, -0.05) is 210 Å². The lowest BCUT2D eigenvalue weighted by Gasteiger charge is -2.23. The van der Waals surface area contributed by atoms with E-state index in [-0.39, 0.29) is 5.91 Å². The first-order valence-corrected chi connectivity index (χ1v) is 23.9. The zero-order valence-corrected chi connectivity index (χ0v) is 35.5. The van der Waals surface area contributed by atoms with Crippen molar-refractivity contribution in [2.75, 3.05) is 5.75 Å². The van der Waals surface area contributed by atoms with Crippen LogP contribution in [0, 0.1) is 0 Å². The Labute approximate surface area is 329 Å². The normalized spacial score (nSPS) is 13.7. The predicted molar refractivity (Wildman–Crippen MR) is 230 cm³/mol. The van der Waals surface area contributed by atoms with E-state index in [9.17, 15) is 22.9 Å². The van der Waals surface area contributed by atoms with Gasteiger partial charge >= 0.3 is 0 Å². The summed E-state index contributed by atoms with van der Waals surface area (Å²) in [6.07, 6.45) is 53.5. The van der Waals surface area contributed by atoms with Crippen LogP contribution in [0.15, 0.2) is 48.6 Å². The molecule has 0 spiro atoms. The van der Waals surface area contributed by atoms with Gasteiger partial charge in [0, 0.05) is 6.42 Å². The van der Waals surface area contributed by atoms with Crippen molar-refractivity contribution < 1.29 is 22.9 Å². The number of aliphatic hydroxyl groups is 1. The first kappa shape index (κ1) is 51.3. The molecule has 0 saturated carbocycles. The maximum absolute atomic E-state index is 12.6. The molecule has 0 aromatic carbocycles. The van der Waals surface area contributed by atoms with Gasteiger partial charge in [0.1, 0.15) is 0 Å². The number of nitrogens with one attached hydrogen (secondary N) is 1. The van der Waals surface area contributed by atoms with Crippen molar-refractivity contribution in [3.63, 3.8) is 0 Å². The van der Waals surface area contributed by atoms with E-state index in [1.165, 1.54) is 128 Å². The molecule has 0 rings (SSSR count). The molecule has 3 N–H and O–H groups in total. The quantitative estimate of drug-likeness (QED) is 0.0327. The molecule has 0 aromatic rings. The van der Waals surface area contributed by atoms with E-state index in [0.717, 1.165) is 64.2 Å². The Morgan fingerprint density at radius 2 is 0.906 bits per heavy atom. The lowest BCUT2D eigenvalue weighted by atomic mass is 10.0. The van der Waals surface area contributed by atoms with Crippen LogP contribution in [-0.4, -0.2) is 41.9 Å². The summed E-state index contributed by atoms with van der Waals surface area (Å²) < 4.78 is 32.6. The highest BCUT2D eigenvalue weighted by Crippen LogP contribution is 2.16. The fourth-order valence-corrected chi connectivity index (χ4v) is 7.50. The van der Waals surface area contributed by atoms with Gasteiger partial charge in [0.05, 0.1) is 17.9 Å². The number of hydrogen-bond donors (Lipinski definition) is 3. The van der Waals surface area contributed by atoms with Crippen LogP contribution in [0.5, 0.6) is 0 Å². The average molecular weight is 764 g/mol. The van der Waals surface area contributed by atoms with Crippen molar-refractivity contribution in [1.29, 1.82) is 0 Å². The predicted octanol–water partition coefficient (Wildman–Crippen LogP) is 13.5. The van der Waals surface area contributed by atoms with Crippen molar-refractivity contribution >= 4 is 16.0 Å². The van der Waals surface area contributed by atoms with Gasteiger partial charge in [-0.05, 0) is 51.4 Å². The number of rotatable bonds is 40. The highest BCUT2D eigenvalue weighted by Gasteiger charge is 2.26. The Morgan fingerprint density at radius 3 is 1.34 bits per heavy atom. The largest absolute Gasteiger partial charge is 0.391 e. The van der Waals surface area contributed by atoms with Crippen molar-refractivity contribution in [2.24, 2.45) is 0 Å². The molecule has 2 unspecified atom stereocenters. The molecule has 0 bridgehead atoms. The maximum Gasteiger partial charge on any atom is 0.266 e.